The van der Waals surface area contributed by atoms with Crippen molar-refractivity contribution in [3.05, 3.63) is 38.9 Å². The number of aryl methyl sites for hydroxylation is 1. The minimum atomic E-state index is 0.913. The van der Waals surface area contributed by atoms with Gasteiger partial charge < -0.3 is 0 Å². The Labute approximate surface area is 110 Å². The highest BCUT2D eigenvalue weighted by Crippen LogP contribution is 2.40. The van der Waals surface area contributed by atoms with Crippen molar-refractivity contribution in [2.75, 3.05) is 0 Å². The molecule has 1 aromatic carbocycles. The highest BCUT2D eigenvalue weighted by Gasteiger charge is 2.26. The van der Waals surface area contributed by atoms with Crippen molar-refractivity contribution in [1.29, 1.82) is 0 Å². The molecule has 0 aliphatic heterocycles. The molecular formula is C12H8BrN3S. The van der Waals surface area contributed by atoms with E-state index in [0.29, 0.717) is 0 Å². The molecule has 3 aromatic rings. The Morgan fingerprint density at radius 2 is 2.29 bits per heavy atom. The Kier molecular flexibility index (Phi) is 1.83. The zero-order valence-electron chi connectivity index (χ0n) is 9.07. The van der Waals surface area contributed by atoms with Crippen LogP contribution in [0.25, 0.3) is 16.2 Å². The quantitative estimate of drug-likeness (QED) is 0.498. The number of fused-ring (bicyclic) bond motifs is 5. The minimum absolute atomic E-state index is 0.913. The van der Waals surface area contributed by atoms with Gasteiger partial charge in [-0.2, -0.15) is 5.10 Å². The molecule has 3 nitrogen and oxygen atoms in total. The van der Waals surface area contributed by atoms with Crippen LogP contribution in [0.15, 0.2) is 22.7 Å². The van der Waals surface area contributed by atoms with Gasteiger partial charge in [-0.25, -0.2) is 9.50 Å². The van der Waals surface area contributed by atoms with Gasteiger partial charge in [0, 0.05) is 16.5 Å². The molecule has 5 heteroatoms. The zero-order chi connectivity index (χ0) is 11.6. The molecular weight excluding hydrogens is 298 g/mol. The van der Waals surface area contributed by atoms with E-state index in [0.717, 1.165) is 26.6 Å². The van der Waals surface area contributed by atoms with E-state index < -0.39 is 0 Å². The first kappa shape index (κ1) is 9.79. The van der Waals surface area contributed by atoms with Crippen LogP contribution in [-0.2, 0) is 6.42 Å². The first-order chi connectivity index (χ1) is 8.24. The fourth-order valence-electron chi connectivity index (χ4n) is 2.39. The van der Waals surface area contributed by atoms with Gasteiger partial charge in [-0.1, -0.05) is 39.4 Å². The molecule has 4 rings (SSSR count). The topological polar surface area (TPSA) is 30.2 Å². The predicted octanol–water partition coefficient (Wildman–Crippen LogP) is 3.43. The minimum Gasteiger partial charge on any atom is -0.217 e. The Morgan fingerprint density at radius 1 is 1.41 bits per heavy atom. The third-order valence-corrected chi connectivity index (χ3v) is 4.68. The molecule has 0 atom stereocenters. The molecule has 84 valence electrons. The van der Waals surface area contributed by atoms with Gasteiger partial charge in [0.1, 0.15) is 5.01 Å². The van der Waals surface area contributed by atoms with Gasteiger partial charge in [-0.05, 0) is 18.6 Å². The SMILES string of the molecule is Cc1nn2c3c(nc2s1)-c1cccc(Br)c1C3. The molecule has 2 heterocycles. The number of imidazole rings is 1. The van der Waals surface area contributed by atoms with Crippen LogP contribution in [0.5, 0.6) is 0 Å². The smallest absolute Gasteiger partial charge is 0.212 e. The van der Waals surface area contributed by atoms with E-state index in [2.05, 4.69) is 39.2 Å². The van der Waals surface area contributed by atoms with Gasteiger partial charge in [0.25, 0.3) is 0 Å². The van der Waals surface area contributed by atoms with Crippen LogP contribution < -0.4 is 0 Å². The summed E-state index contributed by atoms with van der Waals surface area (Å²) in [6, 6.07) is 6.28. The normalized spacial score (nSPS) is 13.1. The van der Waals surface area contributed by atoms with Crippen LogP contribution in [0.2, 0.25) is 0 Å². The molecule has 0 saturated heterocycles. The largest absolute Gasteiger partial charge is 0.217 e. The molecule has 0 radical (unpaired) electrons. The number of benzene rings is 1. The Bertz CT molecular complexity index is 757. The Balaban J connectivity index is 2.07. The van der Waals surface area contributed by atoms with E-state index >= 15 is 0 Å². The number of nitrogens with zero attached hydrogens (tertiary/aromatic N) is 3. The zero-order valence-corrected chi connectivity index (χ0v) is 11.5. The second-order valence-corrected chi connectivity index (χ2v) is 6.18. The summed E-state index contributed by atoms with van der Waals surface area (Å²) in [7, 11) is 0. The lowest BCUT2D eigenvalue weighted by molar-refractivity contribution is 0.888. The number of aromatic nitrogens is 3. The molecule has 0 unspecified atom stereocenters. The summed E-state index contributed by atoms with van der Waals surface area (Å²) in [5.41, 5.74) is 4.88. The molecule has 0 N–H and O–H groups in total. The van der Waals surface area contributed by atoms with Crippen molar-refractivity contribution in [1.82, 2.24) is 14.6 Å². The van der Waals surface area contributed by atoms with Crippen LogP contribution in [0.4, 0.5) is 0 Å². The average molecular weight is 306 g/mol. The maximum Gasteiger partial charge on any atom is 0.212 e. The number of hydrogen-bond donors (Lipinski definition) is 0. The summed E-state index contributed by atoms with van der Waals surface area (Å²) >= 11 is 5.25. The van der Waals surface area contributed by atoms with Gasteiger partial charge in [0.2, 0.25) is 4.96 Å². The summed E-state index contributed by atoms with van der Waals surface area (Å²) in [5, 5.41) is 5.58. The van der Waals surface area contributed by atoms with Gasteiger partial charge in [-0.15, -0.1) is 0 Å². The molecule has 0 bridgehead atoms. The van der Waals surface area contributed by atoms with E-state index in [1.807, 2.05) is 11.4 Å². The lowest BCUT2D eigenvalue weighted by Crippen LogP contribution is -1.92. The van der Waals surface area contributed by atoms with E-state index in [1.165, 1.54) is 16.8 Å². The summed E-state index contributed by atoms with van der Waals surface area (Å²) in [6.45, 7) is 2.02. The summed E-state index contributed by atoms with van der Waals surface area (Å²) < 4.78 is 3.15. The van der Waals surface area contributed by atoms with E-state index in [-0.39, 0.29) is 0 Å². The van der Waals surface area contributed by atoms with Crippen LogP contribution in [-0.4, -0.2) is 14.6 Å². The summed E-state index contributed by atoms with van der Waals surface area (Å²) in [4.78, 5) is 5.69. The lowest BCUT2D eigenvalue weighted by atomic mass is 10.1. The Hall–Kier alpha value is -1.20. The first-order valence-corrected chi connectivity index (χ1v) is 6.98. The van der Waals surface area contributed by atoms with Crippen molar-refractivity contribution in [2.45, 2.75) is 13.3 Å². The van der Waals surface area contributed by atoms with Crippen molar-refractivity contribution < 1.29 is 0 Å². The van der Waals surface area contributed by atoms with Gasteiger partial charge in [-0.3, -0.25) is 0 Å². The van der Waals surface area contributed by atoms with Crippen LogP contribution in [0.3, 0.4) is 0 Å². The second kappa shape index (κ2) is 3.17. The molecule has 17 heavy (non-hydrogen) atoms. The van der Waals surface area contributed by atoms with E-state index in [4.69, 9.17) is 4.98 Å². The van der Waals surface area contributed by atoms with Gasteiger partial charge in [0.05, 0.1) is 11.4 Å². The van der Waals surface area contributed by atoms with Gasteiger partial charge >= 0.3 is 0 Å². The van der Waals surface area contributed by atoms with E-state index in [1.54, 1.807) is 11.3 Å². The van der Waals surface area contributed by atoms with Crippen molar-refractivity contribution in [3.8, 4) is 11.3 Å². The molecule has 0 fully saturated rings. The lowest BCUT2D eigenvalue weighted by Gasteiger charge is -2.00. The van der Waals surface area contributed by atoms with Crippen molar-refractivity contribution in [3.63, 3.8) is 0 Å². The molecule has 0 spiro atoms. The van der Waals surface area contributed by atoms with E-state index in [9.17, 15) is 0 Å². The monoisotopic (exact) mass is 305 g/mol. The molecule has 0 saturated carbocycles. The number of rotatable bonds is 0. The van der Waals surface area contributed by atoms with Crippen LogP contribution in [0, 0.1) is 6.92 Å². The molecule has 1 aliphatic carbocycles. The second-order valence-electron chi connectivity index (χ2n) is 4.17. The summed E-state index contributed by atoms with van der Waals surface area (Å²) in [6.07, 6.45) is 0.913. The van der Waals surface area contributed by atoms with Crippen molar-refractivity contribution >= 4 is 32.2 Å². The molecule has 0 amide bonds. The van der Waals surface area contributed by atoms with Gasteiger partial charge in [0.15, 0.2) is 0 Å². The maximum absolute atomic E-state index is 4.69. The average Bonchev–Trinajstić information content (AvgIpc) is 2.89. The van der Waals surface area contributed by atoms with Crippen molar-refractivity contribution in [2.24, 2.45) is 0 Å². The number of hydrogen-bond acceptors (Lipinski definition) is 3. The van der Waals surface area contributed by atoms with Crippen LogP contribution >= 0.6 is 27.3 Å². The van der Waals surface area contributed by atoms with Crippen LogP contribution in [0.1, 0.15) is 16.3 Å². The third-order valence-electron chi connectivity index (χ3n) is 3.12. The highest BCUT2D eigenvalue weighted by molar-refractivity contribution is 9.10. The third kappa shape index (κ3) is 1.21. The molecule has 2 aromatic heterocycles. The fraction of sp³-hybridized carbons (Fsp3) is 0.167. The molecule has 1 aliphatic rings. The standard InChI is InChI=1S/C12H8BrN3S/c1-6-15-16-10-5-8-7(3-2-4-9(8)13)11(10)14-12(16)17-6/h2-4H,5H2,1H3. The highest BCUT2D eigenvalue weighted by atomic mass is 79.9. The predicted molar refractivity (Wildman–Crippen MR) is 71.5 cm³/mol. The number of halogens is 1. The first-order valence-electron chi connectivity index (χ1n) is 5.37. The Morgan fingerprint density at radius 3 is 3.18 bits per heavy atom. The fourth-order valence-corrected chi connectivity index (χ4v) is 3.66. The maximum atomic E-state index is 4.69. The summed E-state index contributed by atoms with van der Waals surface area (Å²) in [5.74, 6) is 0.